The van der Waals surface area contributed by atoms with E-state index in [2.05, 4.69) is 0 Å². The number of esters is 1. The molecule has 18 heavy (non-hydrogen) atoms. The molecule has 0 aliphatic carbocycles. The number of hydrogen-bond acceptors (Lipinski definition) is 3. The molecule has 3 nitrogen and oxygen atoms in total. The van der Waals surface area contributed by atoms with Crippen LogP contribution < -0.4 is 4.74 Å². The van der Waals surface area contributed by atoms with Crippen molar-refractivity contribution >= 4 is 5.97 Å². The fraction of sp³-hybridized carbons (Fsp3) is 0.533. The molecule has 100 valence electrons. The molecule has 3 heteroatoms. The molecule has 0 fully saturated rings. The van der Waals surface area contributed by atoms with Crippen molar-refractivity contribution in [1.29, 1.82) is 0 Å². The lowest BCUT2D eigenvalue weighted by Gasteiger charge is -2.19. The van der Waals surface area contributed by atoms with Gasteiger partial charge in [0.2, 0.25) is 0 Å². The number of carbonyl (C=O) groups excluding carboxylic acids is 1. The maximum Gasteiger partial charge on any atom is 0.309 e. The molecule has 0 atom stereocenters. The summed E-state index contributed by atoms with van der Waals surface area (Å²) < 4.78 is 10.9. The van der Waals surface area contributed by atoms with Gasteiger partial charge in [-0.15, -0.1) is 0 Å². The zero-order valence-electron chi connectivity index (χ0n) is 11.9. The largest absolute Gasteiger partial charge is 0.492 e. The highest BCUT2D eigenvalue weighted by Crippen LogP contribution is 2.22. The predicted octanol–water partition coefficient (Wildman–Crippen LogP) is 3.41. The van der Waals surface area contributed by atoms with Crippen molar-refractivity contribution < 1.29 is 14.3 Å². The molecule has 1 aromatic rings. The van der Waals surface area contributed by atoms with Gasteiger partial charge in [-0.1, -0.05) is 18.2 Å². The summed E-state index contributed by atoms with van der Waals surface area (Å²) in [6, 6.07) is 5.98. The zero-order chi connectivity index (χ0) is 13.8. The molecule has 0 aromatic heterocycles. The summed E-state index contributed by atoms with van der Waals surface area (Å²) >= 11 is 0. The smallest absolute Gasteiger partial charge is 0.309 e. The molecule has 0 amide bonds. The van der Waals surface area contributed by atoms with Crippen molar-refractivity contribution in [3.8, 4) is 5.75 Å². The van der Waals surface area contributed by atoms with Crippen LogP contribution >= 0.6 is 0 Å². The molecule has 0 heterocycles. The Bertz CT molecular complexity index is 396. The molecule has 0 N–H and O–H groups in total. The Morgan fingerprint density at radius 1 is 1.17 bits per heavy atom. The standard InChI is InChI=1S/C15H22O3/c1-11-7-6-8-12(2)14(11)17-10-9-13(16)18-15(3,4)5/h6-8H,9-10H2,1-5H3. The molecular weight excluding hydrogens is 228 g/mol. The third-order valence-electron chi connectivity index (χ3n) is 2.38. The highest BCUT2D eigenvalue weighted by atomic mass is 16.6. The van der Waals surface area contributed by atoms with E-state index < -0.39 is 5.60 Å². The van der Waals surface area contributed by atoms with Crippen LogP contribution in [0.25, 0.3) is 0 Å². The van der Waals surface area contributed by atoms with Crippen LogP contribution in [0.5, 0.6) is 5.75 Å². The SMILES string of the molecule is Cc1cccc(C)c1OCCC(=O)OC(C)(C)C. The molecule has 0 aliphatic heterocycles. The quantitative estimate of drug-likeness (QED) is 0.768. The minimum Gasteiger partial charge on any atom is -0.492 e. The number of hydrogen-bond donors (Lipinski definition) is 0. The second-order valence-corrected chi connectivity index (χ2v) is 5.41. The summed E-state index contributed by atoms with van der Waals surface area (Å²) in [5.41, 5.74) is 1.73. The molecule has 0 saturated carbocycles. The maximum absolute atomic E-state index is 11.5. The van der Waals surface area contributed by atoms with E-state index in [9.17, 15) is 4.79 Å². The number of para-hydroxylation sites is 1. The second kappa shape index (κ2) is 5.89. The van der Waals surface area contributed by atoms with Crippen molar-refractivity contribution in [3.05, 3.63) is 29.3 Å². The fourth-order valence-electron chi connectivity index (χ4n) is 1.66. The third kappa shape index (κ3) is 4.78. The molecule has 0 radical (unpaired) electrons. The van der Waals surface area contributed by atoms with Gasteiger partial charge in [0.15, 0.2) is 0 Å². The Hall–Kier alpha value is -1.51. The highest BCUT2D eigenvalue weighted by Gasteiger charge is 2.16. The van der Waals surface area contributed by atoms with Gasteiger partial charge < -0.3 is 9.47 Å². The van der Waals surface area contributed by atoms with E-state index in [1.807, 2.05) is 52.8 Å². The number of aryl methyl sites for hydroxylation is 2. The first kappa shape index (κ1) is 14.6. The first-order valence-corrected chi connectivity index (χ1v) is 6.20. The Balaban J connectivity index is 2.45. The lowest BCUT2D eigenvalue weighted by atomic mass is 10.1. The molecule has 1 aromatic carbocycles. The van der Waals surface area contributed by atoms with Gasteiger partial charge in [-0.3, -0.25) is 4.79 Å². The van der Waals surface area contributed by atoms with Crippen molar-refractivity contribution in [2.24, 2.45) is 0 Å². The summed E-state index contributed by atoms with van der Waals surface area (Å²) in [6.45, 7) is 9.91. The molecule has 1 rings (SSSR count). The topological polar surface area (TPSA) is 35.5 Å². The van der Waals surface area contributed by atoms with Crippen LogP contribution in [0.1, 0.15) is 38.3 Å². The molecule has 0 spiro atoms. The van der Waals surface area contributed by atoms with Gasteiger partial charge in [-0.25, -0.2) is 0 Å². The van der Waals surface area contributed by atoms with Gasteiger partial charge in [-0.05, 0) is 45.7 Å². The van der Waals surface area contributed by atoms with Crippen LogP contribution in [0.2, 0.25) is 0 Å². The normalized spacial score (nSPS) is 11.2. The first-order valence-electron chi connectivity index (χ1n) is 6.20. The highest BCUT2D eigenvalue weighted by molar-refractivity contribution is 5.70. The lowest BCUT2D eigenvalue weighted by molar-refractivity contribution is -0.155. The lowest BCUT2D eigenvalue weighted by Crippen LogP contribution is -2.24. The molecular formula is C15H22O3. The number of ether oxygens (including phenoxy) is 2. The van der Waals surface area contributed by atoms with Gasteiger partial charge in [-0.2, -0.15) is 0 Å². The van der Waals surface area contributed by atoms with Gasteiger partial charge >= 0.3 is 5.97 Å². The van der Waals surface area contributed by atoms with Gasteiger partial charge in [0, 0.05) is 0 Å². The maximum atomic E-state index is 11.5. The first-order chi connectivity index (χ1) is 8.29. The molecule has 0 unspecified atom stereocenters. The molecule has 0 saturated heterocycles. The Morgan fingerprint density at radius 3 is 2.22 bits per heavy atom. The van der Waals surface area contributed by atoms with E-state index in [1.165, 1.54) is 0 Å². The number of carbonyl (C=O) groups is 1. The van der Waals surface area contributed by atoms with Crippen molar-refractivity contribution in [1.82, 2.24) is 0 Å². The van der Waals surface area contributed by atoms with Gasteiger partial charge in [0.1, 0.15) is 11.4 Å². The minimum atomic E-state index is -0.435. The Morgan fingerprint density at radius 2 is 1.72 bits per heavy atom. The van der Waals surface area contributed by atoms with E-state index in [0.29, 0.717) is 6.61 Å². The van der Waals surface area contributed by atoms with Crippen LogP contribution in [0, 0.1) is 13.8 Å². The summed E-state index contributed by atoms with van der Waals surface area (Å²) in [4.78, 5) is 11.5. The fourth-order valence-corrected chi connectivity index (χ4v) is 1.66. The van der Waals surface area contributed by atoms with Crippen molar-refractivity contribution in [2.75, 3.05) is 6.61 Å². The van der Waals surface area contributed by atoms with Crippen molar-refractivity contribution in [2.45, 2.75) is 46.6 Å². The van der Waals surface area contributed by atoms with Crippen LogP contribution in [-0.2, 0) is 9.53 Å². The Labute approximate surface area is 109 Å². The average molecular weight is 250 g/mol. The monoisotopic (exact) mass is 250 g/mol. The van der Waals surface area contributed by atoms with E-state index in [0.717, 1.165) is 16.9 Å². The average Bonchev–Trinajstić information content (AvgIpc) is 2.19. The van der Waals surface area contributed by atoms with E-state index in [-0.39, 0.29) is 12.4 Å². The van der Waals surface area contributed by atoms with E-state index in [1.54, 1.807) is 0 Å². The van der Waals surface area contributed by atoms with Crippen LogP contribution in [0.3, 0.4) is 0 Å². The van der Waals surface area contributed by atoms with Crippen LogP contribution in [0.15, 0.2) is 18.2 Å². The van der Waals surface area contributed by atoms with Crippen molar-refractivity contribution in [3.63, 3.8) is 0 Å². The minimum absolute atomic E-state index is 0.228. The van der Waals surface area contributed by atoms with Crippen LogP contribution in [-0.4, -0.2) is 18.2 Å². The third-order valence-corrected chi connectivity index (χ3v) is 2.38. The molecule has 0 bridgehead atoms. The predicted molar refractivity (Wildman–Crippen MR) is 71.9 cm³/mol. The summed E-state index contributed by atoms with van der Waals surface area (Å²) in [6.07, 6.45) is 0.269. The summed E-state index contributed by atoms with van der Waals surface area (Å²) in [7, 11) is 0. The van der Waals surface area contributed by atoms with Gasteiger partial charge in [0.05, 0.1) is 13.0 Å². The van der Waals surface area contributed by atoms with Gasteiger partial charge in [0.25, 0.3) is 0 Å². The summed E-state index contributed by atoms with van der Waals surface area (Å²) in [5.74, 6) is 0.634. The number of rotatable bonds is 4. The second-order valence-electron chi connectivity index (χ2n) is 5.41. The Kier molecular flexibility index (Phi) is 4.76. The zero-order valence-corrected chi connectivity index (χ0v) is 11.9. The molecule has 0 aliphatic rings. The van der Waals surface area contributed by atoms with E-state index in [4.69, 9.17) is 9.47 Å². The van der Waals surface area contributed by atoms with Crippen LogP contribution in [0.4, 0.5) is 0 Å². The van der Waals surface area contributed by atoms with E-state index >= 15 is 0 Å². The number of benzene rings is 1. The summed E-state index contributed by atoms with van der Waals surface area (Å²) in [5, 5.41) is 0.